The van der Waals surface area contributed by atoms with Crippen LogP contribution < -0.4 is 4.74 Å². The summed E-state index contributed by atoms with van der Waals surface area (Å²) in [5.74, 6) is -0.104. The van der Waals surface area contributed by atoms with Crippen molar-refractivity contribution in [1.82, 2.24) is 0 Å². The van der Waals surface area contributed by atoms with E-state index in [1.807, 2.05) is 0 Å². The monoisotopic (exact) mass is 196 g/mol. The maximum Gasteiger partial charge on any atom is 0.165 e. The van der Waals surface area contributed by atoms with Gasteiger partial charge in [-0.2, -0.15) is 0 Å². The average Bonchev–Trinajstić information content (AvgIpc) is 2.99. The minimum atomic E-state index is -0.356. The Morgan fingerprint density at radius 3 is 2.71 bits per heavy atom. The topological polar surface area (TPSA) is 29.5 Å². The molecule has 0 radical (unpaired) electrons. The summed E-state index contributed by atoms with van der Waals surface area (Å²) >= 11 is 0. The minimum Gasteiger partial charge on any atom is -0.494 e. The van der Waals surface area contributed by atoms with E-state index in [9.17, 15) is 9.50 Å². The molecule has 3 heteroatoms. The van der Waals surface area contributed by atoms with Gasteiger partial charge in [0.05, 0.1) is 13.7 Å². The third kappa shape index (κ3) is 1.38. The normalized spacial score (nSPS) is 17.9. The van der Waals surface area contributed by atoms with Gasteiger partial charge < -0.3 is 9.84 Å². The van der Waals surface area contributed by atoms with Crippen molar-refractivity contribution in [1.29, 1.82) is 0 Å². The van der Waals surface area contributed by atoms with E-state index in [0.717, 1.165) is 18.4 Å². The summed E-state index contributed by atoms with van der Waals surface area (Å²) in [5, 5.41) is 9.21. The van der Waals surface area contributed by atoms with Crippen molar-refractivity contribution in [3.05, 3.63) is 29.6 Å². The van der Waals surface area contributed by atoms with Gasteiger partial charge >= 0.3 is 0 Å². The minimum absolute atomic E-state index is 0.124. The highest BCUT2D eigenvalue weighted by molar-refractivity contribution is 5.38. The third-order valence-corrected chi connectivity index (χ3v) is 2.92. The molecule has 1 aliphatic carbocycles. The molecule has 2 nitrogen and oxygen atoms in total. The lowest BCUT2D eigenvalue weighted by atomic mass is 9.97. The Kier molecular flexibility index (Phi) is 2.19. The van der Waals surface area contributed by atoms with Crippen LogP contribution in [0.2, 0.25) is 0 Å². The van der Waals surface area contributed by atoms with Crippen LogP contribution in [0, 0.1) is 5.82 Å². The van der Waals surface area contributed by atoms with Gasteiger partial charge in [0.1, 0.15) is 0 Å². The number of benzene rings is 1. The number of rotatable bonds is 3. The fourth-order valence-electron chi connectivity index (χ4n) is 1.68. The molecule has 1 aliphatic rings. The maximum absolute atomic E-state index is 13.1. The van der Waals surface area contributed by atoms with Gasteiger partial charge in [-0.1, -0.05) is 6.07 Å². The first-order valence-electron chi connectivity index (χ1n) is 4.67. The smallest absolute Gasteiger partial charge is 0.165 e. The Balaban J connectivity index is 2.36. The largest absolute Gasteiger partial charge is 0.494 e. The SMILES string of the molecule is COc1cc(C2(CO)CC2)ccc1F. The first-order valence-corrected chi connectivity index (χ1v) is 4.67. The molecule has 0 bridgehead atoms. The molecule has 0 atom stereocenters. The number of halogens is 1. The zero-order valence-electron chi connectivity index (χ0n) is 8.09. The zero-order chi connectivity index (χ0) is 10.2. The van der Waals surface area contributed by atoms with Crippen molar-refractivity contribution in [3.63, 3.8) is 0 Å². The molecule has 0 aromatic heterocycles. The molecular formula is C11H13FO2. The molecule has 1 aromatic carbocycles. The predicted molar refractivity (Wildman–Crippen MR) is 50.9 cm³/mol. The van der Waals surface area contributed by atoms with Crippen LogP contribution in [0.4, 0.5) is 4.39 Å². The highest BCUT2D eigenvalue weighted by atomic mass is 19.1. The maximum atomic E-state index is 13.1. The zero-order valence-corrected chi connectivity index (χ0v) is 8.09. The van der Waals surface area contributed by atoms with Gasteiger partial charge in [0.15, 0.2) is 11.6 Å². The van der Waals surface area contributed by atoms with Gasteiger partial charge in [-0.15, -0.1) is 0 Å². The standard InChI is InChI=1S/C11H13FO2/c1-14-10-6-8(2-3-9(10)12)11(7-13)4-5-11/h2-3,6,13H,4-5,7H2,1H3. The number of aliphatic hydroxyl groups excluding tert-OH is 1. The Morgan fingerprint density at radius 2 is 2.21 bits per heavy atom. The molecule has 0 amide bonds. The summed E-state index contributed by atoms with van der Waals surface area (Å²) in [5.41, 5.74) is 0.847. The summed E-state index contributed by atoms with van der Waals surface area (Å²) in [6, 6.07) is 4.80. The van der Waals surface area contributed by atoms with Gasteiger partial charge in [-0.3, -0.25) is 0 Å². The summed E-state index contributed by atoms with van der Waals surface area (Å²) < 4.78 is 18.0. The van der Waals surface area contributed by atoms with E-state index in [2.05, 4.69) is 0 Å². The molecule has 1 fully saturated rings. The van der Waals surface area contributed by atoms with Gasteiger partial charge in [0.25, 0.3) is 0 Å². The number of methoxy groups -OCH3 is 1. The van der Waals surface area contributed by atoms with Crippen molar-refractivity contribution in [2.75, 3.05) is 13.7 Å². The van der Waals surface area contributed by atoms with Crippen molar-refractivity contribution >= 4 is 0 Å². The van der Waals surface area contributed by atoms with Gasteiger partial charge in [-0.25, -0.2) is 4.39 Å². The molecule has 1 aromatic rings. The number of hydrogen-bond donors (Lipinski definition) is 1. The Morgan fingerprint density at radius 1 is 1.50 bits per heavy atom. The van der Waals surface area contributed by atoms with Crippen LogP contribution in [0.25, 0.3) is 0 Å². The Bertz CT molecular complexity index is 345. The van der Waals surface area contributed by atoms with Crippen molar-refractivity contribution in [2.45, 2.75) is 18.3 Å². The van der Waals surface area contributed by atoms with Crippen LogP contribution in [0.1, 0.15) is 18.4 Å². The van der Waals surface area contributed by atoms with E-state index in [4.69, 9.17) is 4.74 Å². The van der Waals surface area contributed by atoms with Gasteiger partial charge in [0.2, 0.25) is 0 Å². The lowest BCUT2D eigenvalue weighted by Crippen LogP contribution is -2.12. The molecule has 2 rings (SSSR count). The molecule has 0 heterocycles. The molecule has 1 saturated carbocycles. The van der Waals surface area contributed by atoms with E-state index in [-0.39, 0.29) is 23.6 Å². The highest BCUT2D eigenvalue weighted by Gasteiger charge is 2.43. The lowest BCUT2D eigenvalue weighted by molar-refractivity contribution is 0.254. The summed E-state index contributed by atoms with van der Waals surface area (Å²) in [4.78, 5) is 0. The van der Waals surface area contributed by atoms with Crippen molar-refractivity contribution in [2.24, 2.45) is 0 Å². The van der Waals surface area contributed by atoms with Crippen LogP contribution in [0.5, 0.6) is 5.75 Å². The Labute approximate surface area is 82.3 Å². The predicted octanol–water partition coefficient (Wildman–Crippen LogP) is 1.86. The second kappa shape index (κ2) is 3.24. The van der Waals surface area contributed by atoms with Crippen LogP contribution in [0.3, 0.4) is 0 Å². The summed E-state index contributed by atoms with van der Waals surface area (Å²) in [7, 11) is 1.45. The highest BCUT2D eigenvalue weighted by Crippen LogP contribution is 2.48. The van der Waals surface area contributed by atoms with E-state index < -0.39 is 0 Å². The van der Waals surface area contributed by atoms with Crippen LogP contribution in [0.15, 0.2) is 18.2 Å². The number of hydrogen-bond acceptors (Lipinski definition) is 2. The molecule has 76 valence electrons. The quantitative estimate of drug-likeness (QED) is 0.799. The van der Waals surface area contributed by atoms with E-state index in [1.54, 1.807) is 12.1 Å². The molecule has 0 saturated heterocycles. The van der Waals surface area contributed by atoms with E-state index in [1.165, 1.54) is 13.2 Å². The van der Waals surface area contributed by atoms with E-state index >= 15 is 0 Å². The summed E-state index contributed by atoms with van der Waals surface area (Å²) in [6.45, 7) is 0.127. The lowest BCUT2D eigenvalue weighted by Gasteiger charge is -2.13. The molecule has 14 heavy (non-hydrogen) atoms. The molecule has 1 N–H and O–H groups in total. The third-order valence-electron chi connectivity index (χ3n) is 2.92. The second-order valence-corrected chi connectivity index (χ2v) is 3.79. The van der Waals surface area contributed by atoms with Crippen LogP contribution >= 0.6 is 0 Å². The van der Waals surface area contributed by atoms with Crippen LogP contribution in [-0.2, 0) is 5.41 Å². The summed E-state index contributed by atoms with van der Waals surface area (Å²) in [6.07, 6.45) is 1.94. The van der Waals surface area contributed by atoms with E-state index in [0.29, 0.717) is 0 Å². The van der Waals surface area contributed by atoms with Crippen LogP contribution in [-0.4, -0.2) is 18.8 Å². The second-order valence-electron chi connectivity index (χ2n) is 3.79. The first kappa shape index (κ1) is 9.46. The fraction of sp³-hybridized carbons (Fsp3) is 0.455. The first-order chi connectivity index (χ1) is 6.72. The molecule has 0 spiro atoms. The van der Waals surface area contributed by atoms with Gasteiger partial charge in [0, 0.05) is 5.41 Å². The van der Waals surface area contributed by atoms with Crippen molar-refractivity contribution < 1.29 is 14.2 Å². The van der Waals surface area contributed by atoms with Crippen molar-refractivity contribution in [3.8, 4) is 5.75 Å². The molecule has 0 unspecified atom stereocenters. The molecular weight excluding hydrogens is 183 g/mol. The fourth-order valence-corrected chi connectivity index (χ4v) is 1.68. The number of aliphatic hydroxyl groups is 1. The van der Waals surface area contributed by atoms with Gasteiger partial charge in [-0.05, 0) is 30.5 Å². The average molecular weight is 196 g/mol. The Hall–Kier alpha value is -1.09. The number of ether oxygens (including phenoxy) is 1. The molecule has 0 aliphatic heterocycles.